The molecule has 0 aromatic heterocycles. The van der Waals surface area contributed by atoms with Crippen molar-refractivity contribution in [1.29, 1.82) is 5.41 Å². The summed E-state index contributed by atoms with van der Waals surface area (Å²) in [7, 11) is 0. The van der Waals surface area contributed by atoms with Crippen LogP contribution in [-0.2, 0) is 4.74 Å². The summed E-state index contributed by atoms with van der Waals surface area (Å²) in [6.07, 6.45) is 8.63. The van der Waals surface area contributed by atoms with Crippen LogP contribution in [0.2, 0.25) is 0 Å². The summed E-state index contributed by atoms with van der Waals surface area (Å²) in [4.78, 5) is 0. The van der Waals surface area contributed by atoms with Crippen molar-refractivity contribution in [2.24, 2.45) is 11.7 Å². The van der Waals surface area contributed by atoms with Crippen molar-refractivity contribution in [2.45, 2.75) is 57.1 Å². The standard InChI is InChI=1S/C12H22N2O/c13-10(9-4-2-1-3-5-9)6-7-11(14)12-8-15-12/h9-10,12,14H,1-8,13H2. The Hall–Kier alpha value is -0.410. The Morgan fingerprint density at radius 3 is 2.60 bits per heavy atom. The lowest BCUT2D eigenvalue weighted by Gasteiger charge is -2.27. The van der Waals surface area contributed by atoms with E-state index in [4.69, 9.17) is 15.9 Å². The molecule has 15 heavy (non-hydrogen) atoms. The smallest absolute Gasteiger partial charge is 0.118 e. The van der Waals surface area contributed by atoms with Gasteiger partial charge in [0.25, 0.3) is 0 Å². The number of nitrogens with one attached hydrogen (secondary N) is 1. The lowest BCUT2D eigenvalue weighted by Crippen LogP contribution is -2.32. The molecule has 1 aliphatic carbocycles. The quantitative estimate of drug-likeness (QED) is 0.539. The van der Waals surface area contributed by atoms with E-state index >= 15 is 0 Å². The van der Waals surface area contributed by atoms with Crippen LogP contribution in [0.1, 0.15) is 44.9 Å². The van der Waals surface area contributed by atoms with Crippen molar-refractivity contribution in [3.8, 4) is 0 Å². The zero-order chi connectivity index (χ0) is 10.7. The van der Waals surface area contributed by atoms with Crippen LogP contribution in [0.5, 0.6) is 0 Å². The third-order valence-corrected chi connectivity index (χ3v) is 3.72. The third kappa shape index (κ3) is 3.28. The first kappa shape index (κ1) is 11.1. The average Bonchev–Trinajstić information content (AvgIpc) is 3.10. The van der Waals surface area contributed by atoms with E-state index in [-0.39, 0.29) is 6.10 Å². The van der Waals surface area contributed by atoms with Gasteiger partial charge in [0.1, 0.15) is 6.10 Å². The number of ether oxygens (including phenoxy) is 1. The van der Waals surface area contributed by atoms with Crippen LogP contribution in [0.4, 0.5) is 0 Å². The Morgan fingerprint density at radius 2 is 2.00 bits per heavy atom. The summed E-state index contributed by atoms with van der Waals surface area (Å²) in [5, 5.41) is 7.73. The lowest BCUT2D eigenvalue weighted by atomic mass is 9.82. The van der Waals surface area contributed by atoms with E-state index in [0.29, 0.717) is 12.0 Å². The van der Waals surface area contributed by atoms with Crippen LogP contribution in [0, 0.1) is 11.3 Å². The maximum Gasteiger partial charge on any atom is 0.118 e. The minimum Gasteiger partial charge on any atom is -0.367 e. The van der Waals surface area contributed by atoms with Gasteiger partial charge in [0, 0.05) is 11.8 Å². The van der Waals surface area contributed by atoms with Gasteiger partial charge in [0.2, 0.25) is 0 Å². The molecule has 2 unspecified atom stereocenters. The molecule has 3 heteroatoms. The van der Waals surface area contributed by atoms with Crippen LogP contribution >= 0.6 is 0 Å². The van der Waals surface area contributed by atoms with Crippen molar-refractivity contribution in [2.75, 3.05) is 6.61 Å². The van der Waals surface area contributed by atoms with Crippen LogP contribution in [-0.4, -0.2) is 24.5 Å². The highest BCUT2D eigenvalue weighted by atomic mass is 16.6. The van der Waals surface area contributed by atoms with Gasteiger partial charge in [-0.25, -0.2) is 0 Å². The highest BCUT2D eigenvalue weighted by molar-refractivity contribution is 5.87. The molecule has 1 heterocycles. The molecular formula is C12H22N2O. The number of nitrogens with two attached hydrogens (primary N) is 1. The van der Waals surface area contributed by atoms with Crippen LogP contribution in [0.15, 0.2) is 0 Å². The summed E-state index contributed by atoms with van der Waals surface area (Å²) < 4.78 is 5.08. The molecule has 0 aromatic rings. The molecule has 1 saturated carbocycles. The number of hydrogen-bond donors (Lipinski definition) is 2. The Morgan fingerprint density at radius 1 is 1.33 bits per heavy atom. The highest BCUT2D eigenvalue weighted by Crippen LogP contribution is 2.27. The van der Waals surface area contributed by atoms with Gasteiger partial charge in [-0.1, -0.05) is 19.3 Å². The van der Waals surface area contributed by atoms with Crippen LogP contribution in [0.25, 0.3) is 0 Å². The molecule has 0 aromatic carbocycles. The van der Waals surface area contributed by atoms with Crippen molar-refractivity contribution < 1.29 is 4.74 Å². The van der Waals surface area contributed by atoms with E-state index in [1.54, 1.807) is 0 Å². The van der Waals surface area contributed by atoms with Gasteiger partial charge >= 0.3 is 0 Å². The maximum atomic E-state index is 7.73. The molecule has 0 radical (unpaired) electrons. The van der Waals surface area contributed by atoms with E-state index in [0.717, 1.165) is 25.2 Å². The second-order valence-corrected chi connectivity index (χ2v) is 4.95. The third-order valence-electron chi connectivity index (χ3n) is 3.72. The molecule has 3 nitrogen and oxygen atoms in total. The Labute approximate surface area is 91.9 Å². The van der Waals surface area contributed by atoms with Gasteiger partial charge in [-0.2, -0.15) is 0 Å². The Balaban J connectivity index is 1.66. The zero-order valence-electron chi connectivity index (χ0n) is 9.37. The van der Waals surface area contributed by atoms with E-state index < -0.39 is 0 Å². The fourth-order valence-electron chi connectivity index (χ4n) is 2.53. The number of hydrogen-bond acceptors (Lipinski definition) is 3. The van der Waals surface area contributed by atoms with Crippen LogP contribution in [0.3, 0.4) is 0 Å². The first-order valence-corrected chi connectivity index (χ1v) is 6.22. The summed E-state index contributed by atoms with van der Waals surface area (Å²) >= 11 is 0. The first-order valence-electron chi connectivity index (χ1n) is 6.22. The largest absolute Gasteiger partial charge is 0.367 e. The minimum absolute atomic E-state index is 0.142. The van der Waals surface area contributed by atoms with Crippen molar-refractivity contribution in [3.05, 3.63) is 0 Å². The van der Waals surface area contributed by atoms with E-state index in [1.165, 1.54) is 32.1 Å². The first-order chi connectivity index (χ1) is 7.27. The average molecular weight is 210 g/mol. The fourth-order valence-corrected chi connectivity index (χ4v) is 2.53. The molecule has 2 atom stereocenters. The number of rotatable bonds is 5. The molecule has 86 valence electrons. The SMILES string of the molecule is N=C(CCC(N)C1CCCCC1)C1CO1. The molecule has 0 amide bonds. The Kier molecular flexibility index (Phi) is 3.76. The predicted molar refractivity (Wildman–Crippen MR) is 61.3 cm³/mol. The summed E-state index contributed by atoms with van der Waals surface area (Å²) in [6, 6.07) is 0.310. The Bertz CT molecular complexity index is 220. The molecular weight excluding hydrogens is 188 g/mol. The topological polar surface area (TPSA) is 62.4 Å². The predicted octanol–water partition coefficient (Wildman–Crippen LogP) is 2.09. The molecule has 0 bridgehead atoms. The monoisotopic (exact) mass is 210 g/mol. The van der Waals surface area contributed by atoms with Gasteiger partial charge in [0.05, 0.1) is 6.61 Å². The molecule has 2 rings (SSSR count). The van der Waals surface area contributed by atoms with Gasteiger partial charge in [-0.15, -0.1) is 0 Å². The van der Waals surface area contributed by atoms with Crippen molar-refractivity contribution in [3.63, 3.8) is 0 Å². The van der Waals surface area contributed by atoms with Crippen LogP contribution < -0.4 is 5.73 Å². The molecule has 1 saturated heterocycles. The van der Waals surface area contributed by atoms with E-state index in [9.17, 15) is 0 Å². The normalized spacial score (nSPS) is 28.7. The summed E-state index contributed by atoms with van der Waals surface area (Å²) in [5.74, 6) is 0.715. The van der Waals surface area contributed by atoms with Gasteiger partial charge in [0.15, 0.2) is 0 Å². The maximum absolute atomic E-state index is 7.73. The lowest BCUT2D eigenvalue weighted by molar-refractivity contribution is 0.296. The molecule has 0 spiro atoms. The van der Waals surface area contributed by atoms with Crippen molar-refractivity contribution >= 4 is 5.71 Å². The molecule has 3 N–H and O–H groups in total. The second kappa shape index (κ2) is 5.08. The van der Waals surface area contributed by atoms with Gasteiger partial charge in [-0.3, -0.25) is 0 Å². The summed E-state index contributed by atoms with van der Waals surface area (Å²) in [5.41, 5.74) is 6.93. The van der Waals surface area contributed by atoms with Gasteiger partial charge < -0.3 is 15.9 Å². The fraction of sp³-hybridized carbons (Fsp3) is 0.917. The molecule has 1 aliphatic heterocycles. The molecule has 2 aliphatic rings. The molecule has 2 fully saturated rings. The van der Waals surface area contributed by atoms with E-state index in [1.807, 2.05) is 0 Å². The summed E-state index contributed by atoms with van der Waals surface area (Å²) in [6.45, 7) is 0.761. The van der Waals surface area contributed by atoms with Gasteiger partial charge in [-0.05, 0) is 31.6 Å². The highest BCUT2D eigenvalue weighted by Gasteiger charge is 2.28. The number of epoxide rings is 1. The van der Waals surface area contributed by atoms with Crippen molar-refractivity contribution in [1.82, 2.24) is 0 Å². The minimum atomic E-state index is 0.142. The second-order valence-electron chi connectivity index (χ2n) is 4.95. The van der Waals surface area contributed by atoms with E-state index in [2.05, 4.69) is 0 Å². The zero-order valence-corrected chi connectivity index (χ0v) is 9.37.